The lowest BCUT2D eigenvalue weighted by molar-refractivity contribution is 0.0526. The summed E-state index contributed by atoms with van der Waals surface area (Å²) in [4.78, 5) is 24.2. The molecular weight excluding hydrogens is 415 g/mol. The van der Waals surface area contributed by atoms with Gasteiger partial charge in [-0.3, -0.25) is 5.32 Å². The van der Waals surface area contributed by atoms with Gasteiger partial charge in [-0.25, -0.2) is 14.3 Å². The topological polar surface area (TPSA) is 85.2 Å². The summed E-state index contributed by atoms with van der Waals surface area (Å²) >= 11 is 12.1. The van der Waals surface area contributed by atoms with Crippen LogP contribution < -0.4 is 10.6 Å². The van der Waals surface area contributed by atoms with Crippen LogP contribution in [0.2, 0.25) is 10.0 Å². The van der Waals surface area contributed by atoms with Gasteiger partial charge < -0.3 is 10.1 Å². The minimum absolute atomic E-state index is 0.253. The van der Waals surface area contributed by atoms with Crippen molar-refractivity contribution in [3.8, 4) is 5.69 Å². The fourth-order valence-corrected chi connectivity index (χ4v) is 2.96. The number of ether oxygens (including phenoxy) is 1. The summed E-state index contributed by atoms with van der Waals surface area (Å²) < 4.78 is 6.54. The SMILES string of the molecule is CCOC(=O)c1ccc(-n2nc(C)cc2NC(=O)Nc2cccc(Cl)c2Cl)cc1. The molecule has 0 spiro atoms. The van der Waals surface area contributed by atoms with Crippen molar-refractivity contribution in [3.63, 3.8) is 0 Å². The van der Waals surface area contributed by atoms with Gasteiger partial charge in [0.1, 0.15) is 5.82 Å². The first-order valence-electron chi connectivity index (χ1n) is 8.75. The number of carbonyl (C=O) groups excluding carboxylic acids is 2. The summed E-state index contributed by atoms with van der Waals surface area (Å²) in [5, 5.41) is 10.4. The molecule has 7 nitrogen and oxygen atoms in total. The Labute approximate surface area is 177 Å². The van der Waals surface area contributed by atoms with Gasteiger partial charge in [0, 0.05) is 6.07 Å². The van der Waals surface area contributed by atoms with Crippen LogP contribution in [-0.4, -0.2) is 28.4 Å². The zero-order valence-corrected chi connectivity index (χ0v) is 17.2. The lowest BCUT2D eigenvalue weighted by Crippen LogP contribution is -2.21. The summed E-state index contributed by atoms with van der Waals surface area (Å²) in [5.74, 6) is 0.0499. The number of nitrogens with zero attached hydrogens (tertiary/aromatic N) is 2. The molecule has 2 aromatic carbocycles. The standard InChI is InChI=1S/C20H18Cl2N4O3/c1-3-29-19(27)13-7-9-14(10-8-13)26-17(11-12(2)25-26)24-20(28)23-16-6-4-5-15(21)18(16)22/h4-11H,3H2,1-2H3,(H2,23,24,28). The molecule has 3 aromatic rings. The Balaban J connectivity index is 1.79. The first-order valence-corrected chi connectivity index (χ1v) is 9.51. The number of esters is 1. The first-order chi connectivity index (χ1) is 13.9. The Hall–Kier alpha value is -3.03. The zero-order chi connectivity index (χ0) is 21.0. The monoisotopic (exact) mass is 432 g/mol. The van der Waals surface area contributed by atoms with Crippen LogP contribution in [-0.2, 0) is 4.74 Å². The number of nitrogens with one attached hydrogen (secondary N) is 2. The summed E-state index contributed by atoms with van der Waals surface area (Å²) in [6, 6.07) is 12.9. The lowest BCUT2D eigenvalue weighted by Gasteiger charge is -2.11. The molecule has 0 saturated carbocycles. The summed E-state index contributed by atoms with van der Waals surface area (Å²) in [6.45, 7) is 3.86. The Morgan fingerprint density at radius 3 is 2.52 bits per heavy atom. The van der Waals surface area contributed by atoms with Gasteiger partial charge in [0.2, 0.25) is 0 Å². The van der Waals surface area contributed by atoms with Gasteiger partial charge in [0.25, 0.3) is 0 Å². The Bertz CT molecular complexity index is 1050. The third-order valence-electron chi connectivity index (χ3n) is 3.90. The predicted octanol–water partition coefficient (Wildman–Crippen LogP) is 5.31. The number of urea groups is 1. The number of hydrogen-bond acceptors (Lipinski definition) is 4. The van der Waals surface area contributed by atoms with Crippen LogP contribution in [0, 0.1) is 6.92 Å². The third kappa shape index (κ3) is 4.88. The number of carbonyl (C=O) groups is 2. The molecule has 0 radical (unpaired) electrons. The van der Waals surface area contributed by atoms with Gasteiger partial charge in [-0.05, 0) is 50.2 Å². The molecule has 0 bridgehead atoms. The molecule has 2 N–H and O–H groups in total. The fourth-order valence-electron chi connectivity index (χ4n) is 2.61. The molecule has 1 aromatic heterocycles. The summed E-state index contributed by atoms with van der Waals surface area (Å²) in [7, 11) is 0. The van der Waals surface area contributed by atoms with Crippen molar-refractivity contribution in [2.24, 2.45) is 0 Å². The minimum Gasteiger partial charge on any atom is -0.462 e. The van der Waals surface area contributed by atoms with Gasteiger partial charge in [0.05, 0.1) is 39.3 Å². The maximum absolute atomic E-state index is 12.4. The normalized spacial score (nSPS) is 10.5. The number of aromatic nitrogens is 2. The average molecular weight is 433 g/mol. The van der Waals surface area contributed by atoms with Crippen molar-refractivity contribution >= 4 is 46.7 Å². The highest BCUT2D eigenvalue weighted by atomic mass is 35.5. The van der Waals surface area contributed by atoms with E-state index in [1.807, 2.05) is 0 Å². The summed E-state index contributed by atoms with van der Waals surface area (Å²) in [5.41, 5.74) is 2.19. The quantitative estimate of drug-likeness (QED) is 0.535. The van der Waals surface area contributed by atoms with Crippen molar-refractivity contribution in [1.82, 2.24) is 9.78 Å². The smallest absolute Gasteiger partial charge is 0.338 e. The fraction of sp³-hybridized carbons (Fsp3) is 0.150. The van der Waals surface area contributed by atoms with Crippen molar-refractivity contribution in [3.05, 3.63) is 69.8 Å². The molecule has 0 unspecified atom stereocenters. The van der Waals surface area contributed by atoms with E-state index in [4.69, 9.17) is 27.9 Å². The van der Waals surface area contributed by atoms with Crippen molar-refractivity contribution in [2.45, 2.75) is 13.8 Å². The predicted molar refractivity (Wildman–Crippen MR) is 113 cm³/mol. The number of hydrogen-bond donors (Lipinski definition) is 2. The van der Waals surface area contributed by atoms with Gasteiger partial charge in [0.15, 0.2) is 0 Å². The largest absolute Gasteiger partial charge is 0.462 e. The number of halogens is 2. The van der Waals surface area contributed by atoms with Crippen LogP contribution >= 0.6 is 23.2 Å². The van der Waals surface area contributed by atoms with E-state index in [0.29, 0.717) is 40.1 Å². The maximum Gasteiger partial charge on any atom is 0.338 e. The van der Waals surface area contributed by atoms with Crippen LogP contribution in [0.4, 0.5) is 16.3 Å². The Kier molecular flexibility index (Phi) is 6.41. The number of aryl methyl sites for hydroxylation is 1. The number of rotatable bonds is 5. The molecule has 0 atom stereocenters. The highest BCUT2D eigenvalue weighted by Gasteiger charge is 2.14. The van der Waals surface area contributed by atoms with E-state index in [2.05, 4.69) is 15.7 Å². The molecule has 0 aliphatic heterocycles. The van der Waals surface area contributed by atoms with E-state index in [0.717, 1.165) is 0 Å². The second-order valence-electron chi connectivity index (χ2n) is 6.03. The molecule has 0 aliphatic carbocycles. The van der Waals surface area contributed by atoms with Gasteiger partial charge >= 0.3 is 12.0 Å². The van der Waals surface area contributed by atoms with Gasteiger partial charge in [-0.1, -0.05) is 29.3 Å². The number of benzene rings is 2. The van der Waals surface area contributed by atoms with E-state index in [9.17, 15) is 9.59 Å². The maximum atomic E-state index is 12.4. The van der Waals surface area contributed by atoms with E-state index in [1.54, 1.807) is 67.1 Å². The van der Waals surface area contributed by atoms with Crippen molar-refractivity contribution in [2.75, 3.05) is 17.2 Å². The highest BCUT2D eigenvalue weighted by molar-refractivity contribution is 6.44. The molecule has 0 saturated heterocycles. The van der Waals surface area contributed by atoms with E-state index in [1.165, 1.54) is 0 Å². The lowest BCUT2D eigenvalue weighted by atomic mass is 10.2. The number of amides is 2. The van der Waals surface area contributed by atoms with E-state index < -0.39 is 12.0 Å². The molecular formula is C20H18Cl2N4O3. The molecule has 3 rings (SSSR count). The molecule has 9 heteroatoms. The van der Waals surface area contributed by atoms with Crippen LogP contribution in [0.1, 0.15) is 23.0 Å². The number of anilines is 2. The van der Waals surface area contributed by atoms with Crippen LogP contribution in [0.3, 0.4) is 0 Å². The van der Waals surface area contributed by atoms with E-state index in [-0.39, 0.29) is 5.02 Å². The average Bonchev–Trinajstić information content (AvgIpc) is 3.05. The van der Waals surface area contributed by atoms with Crippen LogP contribution in [0.5, 0.6) is 0 Å². The summed E-state index contributed by atoms with van der Waals surface area (Å²) in [6.07, 6.45) is 0. The molecule has 2 amide bonds. The van der Waals surface area contributed by atoms with Gasteiger partial charge in [-0.15, -0.1) is 0 Å². The van der Waals surface area contributed by atoms with Gasteiger partial charge in [-0.2, -0.15) is 5.10 Å². The molecule has 0 aliphatic rings. The van der Waals surface area contributed by atoms with Crippen LogP contribution in [0.15, 0.2) is 48.5 Å². The molecule has 0 fully saturated rings. The Morgan fingerprint density at radius 1 is 1.10 bits per heavy atom. The molecule has 29 heavy (non-hydrogen) atoms. The first kappa shape index (κ1) is 20.7. The second-order valence-corrected chi connectivity index (χ2v) is 6.82. The van der Waals surface area contributed by atoms with Crippen LogP contribution in [0.25, 0.3) is 5.69 Å². The Morgan fingerprint density at radius 2 is 1.83 bits per heavy atom. The minimum atomic E-state index is -0.501. The highest BCUT2D eigenvalue weighted by Crippen LogP contribution is 2.29. The van der Waals surface area contributed by atoms with Crippen molar-refractivity contribution in [1.29, 1.82) is 0 Å². The second kappa shape index (κ2) is 8.98. The van der Waals surface area contributed by atoms with Crippen molar-refractivity contribution < 1.29 is 14.3 Å². The van der Waals surface area contributed by atoms with E-state index >= 15 is 0 Å². The molecule has 150 valence electrons. The third-order valence-corrected chi connectivity index (χ3v) is 4.71. The zero-order valence-electron chi connectivity index (χ0n) is 15.7. The molecule has 1 heterocycles.